The molecule has 2 aromatic heterocycles. The number of thiazole rings is 1. The fraction of sp³-hybridized carbons (Fsp3) is 0.438. The average Bonchev–Trinajstić information content (AvgIpc) is 3.08. The van der Waals surface area contributed by atoms with E-state index in [0.29, 0.717) is 23.7 Å². The number of hydrogen-bond donors (Lipinski definition) is 1. The number of nitrogens with zero attached hydrogens (tertiary/aromatic N) is 4. The van der Waals surface area contributed by atoms with Crippen molar-refractivity contribution in [3.8, 4) is 0 Å². The number of carbonyl (C=O) groups excluding carboxylic acids is 1. The molecule has 0 aromatic carbocycles. The second kappa shape index (κ2) is 6.82. The van der Waals surface area contributed by atoms with Crippen LogP contribution in [0.1, 0.15) is 22.5 Å². The van der Waals surface area contributed by atoms with Gasteiger partial charge in [0.1, 0.15) is 16.5 Å². The monoisotopic (exact) mass is 350 g/mol. The zero-order chi connectivity index (χ0) is 17.2. The zero-order valence-electron chi connectivity index (χ0n) is 13.4. The van der Waals surface area contributed by atoms with Crippen molar-refractivity contribution in [2.75, 3.05) is 31.6 Å². The molecule has 3 rings (SSSR count). The highest BCUT2D eigenvalue weighted by Gasteiger charge is 2.36. The topological polar surface area (TPSA) is 69.6 Å². The van der Waals surface area contributed by atoms with Gasteiger partial charge in [-0.1, -0.05) is 0 Å². The number of carbonyl (C=O) groups is 1. The minimum Gasteiger partial charge on any atom is -0.386 e. The quantitative estimate of drug-likeness (QED) is 0.910. The number of aromatic nitrogens is 2. The van der Waals surface area contributed by atoms with Crippen LogP contribution >= 0.6 is 11.3 Å². The van der Waals surface area contributed by atoms with E-state index in [9.17, 15) is 14.3 Å². The van der Waals surface area contributed by atoms with Crippen molar-refractivity contribution in [3.63, 3.8) is 0 Å². The Bertz CT molecular complexity index is 695. The van der Waals surface area contributed by atoms with Gasteiger partial charge in [-0.3, -0.25) is 9.78 Å². The van der Waals surface area contributed by atoms with E-state index in [-0.39, 0.29) is 18.3 Å². The van der Waals surface area contributed by atoms with E-state index in [1.165, 1.54) is 34.7 Å². The maximum absolute atomic E-state index is 13.0. The lowest BCUT2D eigenvalue weighted by atomic mass is 9.92. The number of aliphatic hydroxyl groups is 1. The van der Waals surface area contributed by atoms with Crippen LogP contribution in [0, 0.1) is 5.82 Å². The SMILES string of the molecule is CN(CC1(O)CCCN(c2ccc(F)cn2)C1)C(=O)c1cncs1. The van der Waals surface area contributed by atoms with Crippen LogP contribution < -0.4 is 4.90 Å². The summed E-state index contributed by atoms with van der Waals surface area (Å²) in [6.07, 6.45) is 4.08. The molecular weight excluding hydrogens is 331 g/mol. The summed E-state index contributed by atoms with van der Waals surface area (Å²) < 4.78 is 13.0. The van der Waals surface area contributed by atoms with Gasteiger partial charge in [-0.15, -0.1) is 11.3 Å². The van der Waals surface area contributed by atoms with E-state index in [1.54, 1.807) is 18.6 Å². The molecule has 8 heteroatoms. The molecule has 1 saturated heterocycles. The Hall–Kier alpha value is -2.06. The lowest BCUT2D eigenvalue weighted by Crippen LogP contribution is -2.54. The molecule has 128 valence electrons. The van der Waals surface area contributed by atoms with Crippen LogP contribution in [0.4, 0.5) is 10.2 Å². The number of likely N-dealkylation sites (N-methyl/N-ethyl adjacent to an activating group) is 1. The van der Waals surface area contributed by atoms with Gasteiger partial charge in [-0.2, -0.15) is 0 Å². The molecule has 1 N–H and O–H groups in total. The minimum absolute atomic E-state index is 0.150. The molecule has 1 aliphatic rings. The largest absolute Gasteiger partial charge is 0.386 e. The molecule has 0 aliphatic carbocycles. The van der Waals surface area contributed by atoms with Crippen LogP contribution in [0.5, 0.6) is 0 Å². The second-order valence-corrected chi connectivity index (χ2v) is 7.00. The summed E-state index contributed by atoms with van der Waals surface area (Å²) in [5.41, 5.74) is 0.585. The molecule has 1 unspecified atom stereocenters. The number of piperidine rings is 1. The smallest absolute Gasteiger partial charge is 0.265 e. The van der Waals surface area contributed by atoms with Crippen LogP contribution in [0.25, 0.3) is 0 Å². The van der Waals surface area contributed by atoms with Gasteiger partial charge in [0.2, 0.25) is 0 Å². The van der Waals surface area contributed by atoms with Crippen molar-refractivity contribution < 1.29 is 14.3 Å². The van der Waals surface area contributed by atoms with Gasteiger partial charge in [0.25, 0.3) is 5.91 Å². The summed E-state index contributed by atoms with van der Waals surface area (Å²) in [6.45, 7) is 1.32. The molecule has 1 amide bonds. The Labute approximate surface area is 143 Å². The van der Waals surface area contributed by atoms with Crippen molar-refractivity contribution in [2.24, 2.45) is 0 Å². The Morgan fingerprint density at radius 3 is 3.00 bits per heavy atom. The Morgan fingerprint density at radius 1 is 1.50 bits per heavy atom. The van der Waals surface area contributed by atoms with Gasteiger partial charge in [0.15, 0.2) is 0 Å². The Morgan fingerprint density at radius 2 is 2.33 bits per heavy atom. The van der Waals surface area contributed by atoms with E-state index in [0.717, 1.165) is 13.0 Å². The highest BCUT2D eigenvalue weighted by atomic mass is 32.1. The summed E-state index contributed by atoms with van der Waals surface area (Å²) in [6, 6.07) is 2.96. The fourth-order valence-corrected chi connectivity index (χ4v) is 3.63. The molecule has 1 atom stereocenters. The summed E-state index contributed by atoms with van der Waals surface area (Å²) in [5.74, 6) is 0.0924. The third kappa shape index (κ3) is 3.70. The molecule has 0 radical (unpaired) electrons. The first-order valence-electron chi connectivity index (χ1n) is 7.70. The predicted molar refractivity (Wildman–Crippen MR) is 89.7 cm³/mol. The van der Waals surface area contributed by atoms with Crippen LogP contribution in [-0.4, -0.2) is 58.2 Å². The van der Waals surface area contributed by atoms with E-state index in [2.05, 4.69) is 9.97 Å². The van der Waals surface area contributed by atoms with Crippen LogP contribution in [-0.2, 0) is 0 Å². The Kier molecular flexibility index (Phi) is 4.77. The highest BCUT2D eigenvalue weighted by molar-refractivity contribution is 7.11. The van der Waals surface area contributed by atoms with Crippen molar-refractivity contribution >= 4 is 23.1 Å². The van der Waals surface area contributed by atoms with Gasteiger partial charge in [-0.05, 0) is 25.0 Å². The minimum atomic E-state index is -1.02. The number of amides is 1. The summed E-state index contributed by atoms with van der Waals surface area (Å²) in [5, 5.41) is 10.9. The molecule has 0 spiro atoms. The zero-order valence-corrected chi connectivity index (χ0v) is 14.2. The number of anilines is 1. The second-order valence-electron chi connectivity index (χ2n) is 6.11. The van der Waals surface area contributed by atoms with Gasteiger partial charge < -0.3 is 14.9 Å². The molecule has 24 heavy (non-hydrogen) atoms. The lowest BCUT2D eigenvalue weighted by molar-refractivity contribution is -0.0000189. The number of β-amino-alcohol motifs (C(OH)–C–C–N with tert-alkyl or cyclic N) is 1. The molecule has 2 aromatic rings. The van der Waals surface area contributed by atoms with Crippen LogP contribution in [0.3, 0.4) is 0 Å². The van der Waals surface area contributed by atoms with Crippen LogP contribution in [0.15, 0.2) is 30.0 Å². The maximum Gasteiger partial charge on any atom is 0.265 e. The molecule has 6 nitrogen and oxygen atoms in total. The number of rotatable bonds is 4. The number of pyridine rings is 1. The van der Waals surface area contributed by atoms with Gasteiger partial charge >= 0.3 is 0 Å². The first kappa shape index (κ1) is 16.8. The lowest BCUT2D eigenvalue weighted by Gasteiger charge is -2.41. The molecule has 3 heterocycles. The van der Waals surface area contributed by atoms with Crippen molar-refractivity contribution in [1.29, 1.82) is 0 Å². The number of hydrogen-bond acceptors (Lipinski definition) is 6. The van der Waals surface area contributed by atoms with E-state index < -0.39 is 5.60 Å². The summed E-state index contributed by atoms with van der Waals surface area (Å²) >= 11 is 1.28. The van der Waals surface area contributed by atoms with Gasteiger partial charge in [-0.25, -0.2) is 9.37 Å². The number of halogens is 1. The van der Waals surface area contributed by atoms with Gasteiger partial charge in [0.05, 0.1) is 30.1 Å². The average molecular weight is 350 g/mol. The van der Waals surface area contributed by atoms with Crippen molar-refractivity contribution in [3.05, 3.63) is 40.7 Å². The summed E-state index contributed by atoms with van der Waals surface area (Å²) in [4.78, 5) is 24.3. The highest BCUT2D eigenvalue weighted by Crippen LogP contribution is 2.26. The van der Waals surface area contributed by atoms with Crippen LogP contribution in [0.2, 0.25) is 0 Å². The van der Waals surface area contributed by atoms with E-state index >= 15 is 0 Å². The molecule has 0 bridgehead atoms. The maximum atomic E-state index is 13.0. The van der Waals surface area contributed by atoms with E-state index in [1.807, 2.05) is 4.90 Å². The van der Waals surface area contributed by atoms with Crippen molar-refractivity contribution in [1.82, 2.24) is 14.9 Å². The summed E-state index contributed by atoms with van der Waals surface area (Å²) in [7, 11) is 1.68. The fourth-order valence-electron chi connectivity index (χ4n) is 3.01. The normalized spacial score (nSPS) is 20.9. The first-order chi connectivity index (χ1) is 11.5. The Balaban J connectivity index is 1.68. The molecule has 1 aliphatic heterocycles. The third-order valence-electron chi connectivity index (χ3n) is 4.11. The standard InChI is InChI=1S/C16H19FN4O2S/c1-20(15(22)13-8-18-11-24-13)9-16(23)5-2-6-21(10-16)14-4-3-12(17)7-19-14/h3-4,7-8,11,23H,2,5-6,9-10H2,1H3. The van der Waals surface area contributed by atoms with Gasteiger partial charge in [0, 0.05) is 20.1 Å². The van der Waals surface area contributed by atoms with E-state index in [4.69, 9.17) is 0 Å². The molecular formula is C16H19FN4O2S. The molecule has 0 saturated carbocycles. The molecule has 1 fully saturated rings. The first-order valence-corrected chi connectivity index (χ1v) is 8.58. The van der Waals surface area contributed by atoms with Crippen molar-refractivity contribution in [2.45, 2.75) is 18.4 Å². The predicted octanol–water partition coefficient (Wildman–Crippen LogP) is 1.78. The third-order valence-corrected chi connectivity index (χ3v) is 4.87.